The van der Waals surface area contributed by atoms with Gasteiger partial charge < -0.3 is 16.8 Å². The summed E-state index contributed by atoms with van der Waals surface area (Å²) in [4.78, 5) is 24.7. The minimum absolute atomic E-state index is 0.0548. The van der Waals surface area contributed by atoms with Crippen LogP contribution in [0.3, 0.4) is 0 Å². The number of amides is 2. The van der Waals surface area contributed by atoms with Gasteiger partial charge in [-0.1, -0.05) is 13.8 Å². The van der Waals surface area contributed by atoms with Crippen LogP contribution < -0.4 is 16.8 Å². The van der Waals surface area contributed by atoms with E-state index in [0.29, 0.717) is 6.41 Å². The van der Waals surface area contributed by atoms with Gasteiger partial charge >= 0.3 is 0 Å². The molecule has 0 fully saturated rings. The Bertz CT molecular complexity index is 221. The van der Waals surface area contributed by atoms with Gasteiger partial charge in [0, 0.05) is 0 Å². The Balaban J connectivity index is 4.46. The molecule has 0 aromatic carbocycles. The largest absolute Gasteiger partial charge is 0.370 e. The van der Waals surface area contributed by atoms with Crippen LogP contribution in [0.25, 0.3) is 0 Å². The quantitative estimate of drug-likeness (QED) is 0.283. The molecule has 0 heterocycles. The Morgan fingerprint density at radius 1 is 1.46 bits per heavy atom. The lowest BCUT2D eigenvalue weighted by atomic mass is 10.0. The summed E-state index contributed by atoms with van der Waals surface area (Å²) >= 11 is 0. The first-order chi connectivity index (χ1) is 5.99. The zero-order valence-electron chi connectivity index (χ0n) is 7.65. The molecule has 0 aliphatic carbocycles. The van der Waals surface area contributed by atoms with Gasteiger partial charge in [0.2, 0.25) is 6.41 Å². The predicted octanol–water partition coefficient (Wildman–Crippen LogP) is -1.44. The highest BCUT2D eigenvalue weighted by Crippen LogP contribution is 2.02. The summed E-state index contributed by atoms with van der Waals surface area (Å²) in [6.07, 6.45) is 0.449. The van der Waals surface area contributed by atoms with Crippen LogP contribution in [0.2, 0.25) is 0 Å². The number of guanidine groups is 1. The van der Waals surface area contributed by atoms with Crippen molar-refractivity contribution in [2.75, 3.05) is 0 Å². The van der Waals surface area contributed by atoms with Gasteiger partial charge in [-0.25, -0.2) is 0 Å². The van der Waals surface area contributed by atoms with Crippen molar-refractivity contribution in [3.05, 3.63) is 0 Å². The van der Waals surface area contributed by atoms with Gasteiger partial charge in [-0.2, -0.15) is 4.99 Å². The van der Waals surface area contributed by atoms with E-state index in [1.165, 1.54) is 0 Å². The Labute approximate surface area is 76.4 Å². The molecule has 0 spiro atoms. The molecule has 13 heavy (non-hydrogen) atoms. The molecule has 0 aromatic heterocycles. The van der Waals surface area contributed by atoms with Crippen LogP contribution in [0.1, 0.15) is 13.8 Å². The summed E-state index contributed by atoms with van der Waals surface area (Å²) in [7, 11) is 0. The van der Waals surface area contributed by atoms with Crippen LogP contribution in [0.5, 0.6) is 0 Å². The van der Waals surface area contributed by atoms with Crippen LogP contribution in [0, 0.1) is 5.92 Å². The smallest absolute Gasteiger partial charge is 0.271 e. The molecule has 0 aliphatic heterocycles. The average Bonchev–Trinajstić information content (AvgIpc) is 1.97. The van der Waals surface area contributed by atoms with Crippen molar-refractivity contribution < 1.29 is 9.59 Å². The SMILES string of the molecule is CC(C)C(NC=O)C(=O)N=C(N)N. The third-order valence-corrected chi connectivity index (χ3v) is 1.42. The van der Waals surface area contributed by atoms with Crippen molar-refractivity contribution in [1.82, 2.24) is 5.32 Å². The highest BCUT2D eigenvalue weighted by Gasteiger charge is 2.20. The zero-order valence-corrected chi connectivity index (χ0v) is 7.65. The number of carbonyl (C=O) groups is 2. The van der Waals surface area contributed by atoms with Crippen molar-refractivity contribution in [2.24, 2.45) is 22.4 Å². The number of hydrogen-bond acceptors (Lipinski definition) is 2. The number of aliphatic imine (C=N–C) groups is 1. The lowest BCUT2D eigenvalue weighted by Crippen LogP contribution is -2.40. The summed E-state index contributed by atoms with van der Waals surface area (Å²) in [6.45, 7) is 3.56. The third-order valence-electron chi connectivity index (χ3n) is 1.42. The second-order valence-corrected chi connectivity index (χ2v) is 2.88. The number of nitrogens with zero attached hydrogens (tertiary/aromatic N) is 1. The molecule has 2 amide bonds. The fourth-order valence-corrected chi connectivity index (χ4v) is 0.819. The Hall–Kier alpha value is -1.59. The second kappa shape index (κ2) is 5.13. The summed E-state index contributed by atoms with van der Waals surface area (Å²) in [5, 5.41) is 2.34. The van der Waals surface area contributed by atoms with E-state index in [2.05, 4.69) is 10.3 Å². The van der Waals surface area contributed by atoms with Gasteiger partial charge in [-0.15, -0.1) is 0 Å². The van der Waals surface area contributed by atoms with Crippen LogP contribution in [0.4, 0.5) is 0 Å². The molecule has 0 rings (SSSR count). The Kier molecular flexibility index (Phi) is 4.50. The van der Waals surface area contributed by atoms with E-state index >= 15 is 0 Å². The lowest BCUT2D eigenvalue weighted by molar-refractivity contribution is -0.123. The summed E-state index contributed by atoms with van der Waals surface area (Å²) < 4.78 is 0. The van der Waals surface area contributed by atoms with Crippen molar-refractivity contribution in [1.29, 1.82) is 0 Å². The zero-order chi connectivity index (χ0) is 10.4. The van der Waals surface area contributed by atoms with Crippen LogP contribution in [-0.2, 0) is 9.59 Å². The monoisotopic (exact) mass is 186 g/mol. The summed E-state index contributed by atoms with van der Waals surface area (Å²) in [5.74, 6) is -0.897. The highest BCUT2D eigenvalue weighted by molar-refractivity contribution is 5.95. The van der Waals surface area contributed by atoms with Crippen LogP contribution in [0.15, 0.2) is 4.99 Å². The third kappa shape index (κ3) is 4.09. The van der Waals surface area contributed by atoms with Crippen LogP contribution in [-0.4, -0.2) is 24.3 Å². The topological polar surface area (TPSA) is 111 Å². The van der Waals surface area contributed by atoms with E-state index in [0.717, 1.165) is 0 Å². The molecule has 5 N–H and O–H groups in total. The minimum atomic E-state index is -0.667. The molecule has 1 unspecified atom stereocenters. The minimum Gasteiger partial charge on any atom is -0.370 e. The Morgan fingerprint density at radius 2 is 2.00 bits per heavy atom. The summed E-state index contributed by atoms with van der Waals surface area (Å²) in [5.41, 5.74) is 10.0. The van der Waals surface area contributed by atoms with Crippen molar-refractivity contribution in [2.45, 2.75) is 19.9 Å². The van der Waals surface area contributed by atoms with Gasteiger partial charge in [0.15, 0.2) is 5.96 Å². The first-order valence-electron chi connectivity index (χ1n) is 3.82. The molecule has 0 aromatic rings. The van der Waals surface area contributed by atoms with Gasteiger partial charge in [0.1, 0.15) is 6.04 Å². The van der Waals surface area contributed by atoms with E-state index in [1.54, 1.807) is 13.8 Å². The van der Waals surface area contributed by atoms with E-state index in [9.17, 15) is 9.59 Å². The highest BCUT2D eigenvalue weighted by atomic mass is 16.2. The Morgan fingerprint density at radius 3 is 2.31 bits per heavy atom. The summed E-state index contributed by atoms with van der Waals surface area (Å²) in [6, 6.07) is -0.667. The molecule has 0 saturated carbocycles. The molecule has 0 saturated heterocycles. The molecule has 0 radical (unpaired) electrons. The molecular formula is C7H14N4O2. The molecule has 6 heteroatoms. The molecule has 1 atom stereocenters. The predicted molar refractivity (Wildman–Crippen MR) is 48.6 cm³/mol. The first-order valence-corrected chi connectivity index (χ1v) is 3.82. The van der Waals surface area contributed by atoms with Gasteiger partial charge in [-0.3, -0.25) is 9.59 Å². The molecular weight excluding hydrogens is 172 g/mol. The number of hydrogen-bond donors (Lipinski definition) is 3. The number of nitrogens with two attached hydrogens (primary N) is 2. The molecule has 0 bridgehead atoms. The molecule has 0 aliphatic rings. The van der Waals surface area contributed by atoms with E-state index in [4.69, 9.17) is 11.5 Å². The molecule has 74 valence electrons. The standard InChI is InChI=1S/C7H14N4O2/c1-4(2)5(10-3-12)6(13)11-7(8)9/h3-5H,1-2H3,(H,10,12)(H4,8,9,11,13). The van der Waals surface area contributed by atoms with Gasteiger partial charge in [0.25, 0.3) is 5.91 Å². The second-order valence-electron chi connectivity index (χ2n) is 2.88. The van der Waals surface area contributed by atoms with Crippen molar-refractivity contribution in [3.63, 3.8) is 0 Å². The molecule has 6 nitrogen and oxygen atoms in total. The number of nitrogens with one attached hydrogen (secondary N) is 1. The number of rotatable bonds is 4. The maximum Gasteiger partial charge on any atom is 0.271 e. The van der Waals surface area contributed by atoms with E-state index in [-0.39, 0.29) is 11.9 Å². The van der Waals surface area contributed by atoms with Crippen molar-refractivity contribution >= 4 is 18.3 Å². The fraction of sp³-hybridized carbons (Fsp3) is 0.571. The maximum atomic E-state index is 11.2. The van der Waals surface area contributed by atoms with E-state index < -0.39 is 11.9 Å². The van der Waals surface area contributed by atoms with E-state index in [1.807, 2.05) is 0 Å². The maximum absolute atomic E-state index is 11.2. The number of carbonyl (C=O) groups excluding carboxylic acids is 2. The first kappa shape index (κ1) is 11.4. The van der Waals surface area contributed by atoms with Crippen molar-refractivity contribution in [3.8, 4) is 0 Å². The normalized spacial score (nSPS) is 11.9. The van der Waals surface area contributed by atoms with Gasteiger partial charge in [0.05, 0.1) is 0 Å². The fourth-order valence-electron chi connectivity index (χ4n) is 0.819. The van der Waals surface area contributed by atoms with Gasteiger partial charge in [-0.05, 0) is 5.92 Å². The lowest BCUT2D eigenvalue weighted by Gasteiger charge is -2.15. The van der Waals surface area contributed by atoms with Crippen LogP contribution >= 0.6 is 0 Å². The average molecular weight is 186 g/mol.